The van der Waals surface area contributed by atoms with Gasteiger partial charge in [0.1, 0.15) is 5.75 Å². The number of carbonyl (C=O) groups excluding carboxylic acids is 1. The summed E-state index contributed by atoms with van der Waals surface area (Å²) < 4.78 is 16.0. The van der Waals surface area contributed by atoms with Crippen LogP contribution in [0, 0.1) is 0 Å². The first-order valence-corrected chi connectivity index (χ1v) is 8.01. The molecule has 2 aromatic carbocycles. The molecule has 2 rings (SSSR count). The van der Waals surface area contributed by atoms with Crippen molar-refractivity contribution in [3.63, 3.8) is 0 Å². The van der Waals surface area contributed by atoms with E-state index in [1.54, 1.807) is 44.6 Å². The molecule has 0 aliphatic carbocycles. The molecule has 0 bridgehead atoms. The molecule has 25 heavy (non-hydrogen) atoms. The molecule has 0 radical (unpaired) electrons. The van der Waals surface area contributed by atoms with Gasteiger partial charge in [0.2, 0.25) is 0 Å². The molecule has 0 saturated heterocycles. The van der Waals surface area contributed by atoms with E-state index in [2.05, 4.69) is 5.32 Å². The van der Waals surface area contributed by atoms with Gasteiger partial charge in [0.05, 0.1) is 14.2 Å². The quantitative estimate of drug-likeness (QED) is 0.769. The highest BCUT2D eigenvalue weighted by Gasteiger charge is 2.10. The number of hydrogen-bond donors (Lipinski definition) is 2. The van der Waals surface area contributed by atoms with Gasteiger partial charge in [0.25, 0.3) is 5.91 Å². The van der Waals surface area contributed by atoms with Crippen molar-refractivity contribution < 1.29 is 19.0 Å². The second-order valence-corrected chi connectivity index (χ2v) is 5.73. The van der Waals surface area contributed by atoms with Crippen LogP contribution in [0.3, 0.4) is 0 Å². The lowest BCUT2D eigenvalue weighted by atomic mass is 10.1. The minimum Gasteiger partial charge on any atom is -0.497 e. The van der Waals surface area contributed by atoms with Gasteiger partial charge in [-0.05, 0) is 55.3 Å². The van der Waals surface area contributed by atoms with Crippen LogP contribution >= 0.6 is 0 Å². The molecule has 1 atom stereocenters. The Hall–Kier alpha value is -2.73. The van der Waals surface area contributed by atoms with Gasteiger partial charge in [-0.15, -0.1) is 0 Å². The Morgan fingerprint density at radius 1 is 1.08 bits per heavy atom. The lowest BCUT2D eigenvalue weighted by Gasteiger charge is -2.13. The van der Waals surface area contributed by atoms with E-state index in [1.807, 2.05) is 19.1 Å². The summed E-state index contributed by atoms with van der Waals surface area (Å²) in [5.74, 6) is 1.56. The van der Waals surface area contributed by atoms with Crippen LogP contribution in [0.5, 0.6) is 17.2 Å². The van der Waals surface area contributed by atoms with Crippen molar-refractivity contribution in [2.45, 2.75) is 19.4 Å². The molecule has 0 saturated carbocycles. The van der Waals surface area contributed by atoms with Crippen LogP contribution in [0.2, 0.25) is 0 Å². The first kappa shape index (κ1) is 18.6. The predicted octanol–water partition coefficient (Wildman–Crippen LogP) is 2.61. The van der Waals surface area contributed by atoms with E-state index >= 15 is 0 Å². The summed E-state index contributed by atoms with van der Waals surface area (Å²) in [6, 6.07) is 12.7. The second kappa shape index (κ2) is 8.94. The number of nitrogens with two attached hydrogens (primary N) is 1. The van der Waals surface area contributed by atoms with Gasteiger partial charge in [-0.3, -0.25) is 4.79 Å². The molecular weight excluding hydrogens is 320 g/mol. The highest BCUT2D eigenvalue weighted by Crippen LogP contribution is 2.28. The molecule has 3 N–H and O–H groups in total. The summed E-state index contributed by atoms with van der Waals surface area (Å²) >= 11 is 0. The molecule has 1 unspecified atom stereocenters. The van der Waals surface area contributed by atoms with Gasteiger partial charge in [0.15, 0.2) is 18.1 Å². The lowest BCUT2D eigenvalue weighted by Crippen LogP contribution is -2.20. The molecule has 134 valence electrons. The molecular formula is C19H24N2O4. The molecule has 6 nitrogen and oxygen atoms in total. The number of methoxy groups -OCH3 is 2. The highest BCUT2D eigenvalue weighted by molar-refractivity contribution is 5.91. The summed E-state index contributed by atoms with van der Waals surface area (Å²) in [7, 11) is 3.16. The van der Waals surface area contributed by atoms with E-state index < -0.39 is 0 Å². The first-order chi connectivity index (χ1) is 12.0. The lowest BCUT2D eigenvalue weighted by molar-refractivity contribution is -0.118. The van der Waals surface area contributed by atoms with Gasteiger partial charge in [0, 0.05) is 11.7 Å². The van der Waals surface area contributed by atoms with E-state index in [1.165, 1.54) is 0 Å². The van der Waals surface area contributed by atoms with E-state index in [0.29, 0.717) is 17.2 Å². The van der Waals surface area contributed by atoms with Gasteiger partial charge in [-0.2, -0.15) is 0 Å². The second-order valence-electron chi connectivity index (χ2n) is 5.73. The molecule has 6 heteroatoms. The fraction of sp³-hybridized carbons (Fsp3) is 0.316. The summed E-state index contributed by atoms with van der Waals surface area (Å²) in [6.07, 6.45) is 0.745. The van der Waals surface area contributed by atoms with Crippen molar-refractivity contribution in [3.05, 3.63) is 48.0 Å². The van der Waals surface area contributed by atoms with E-state index in [9.17, 15) is 4.79 Å². The zero-order chi connectivity index (χ0) is 18.2. The van der Waals surface area contributed by atoms with Crippen LogP contribution < -0.4 is 25.3 Å². The summed E-state index contributed by atoms with van der Waals surface area (Å²) in [4.78, 5) is 12.0. The Morgan fingerprint density at radius 3 is 2.40 bits per heavy atom. The molecule has 0 heterocycles. The Balaban J connectivity index is 1.93. The molecule has 0 fully saturated rings. The maximum Gasteiger partial charge on any atom is 0.262 e. The van der Waals surface area contributed by atoms with Crippen molar-refractivity contribution >= 4 is 11.6 Å². The normalized spacial score (nSPS) is 11.5. The minimum absolute atomic E-state index is 0.0618. The van der Waals surface area contributed by atoms with Crippen molar-refractivity contribution in [1.29, 1.82) is 0 Å². The number of carbonyl (C=O) groups is 1. The Morgan fingerprint density at radius 2 is 1.80 bits per heavy atom. The third kappa shape index (κ3) is 5.69. The maximum absolute atomic E-state index is 12.0. The fourth-order valence-corrected chi connectivity index (χ4v) is 2.34. The van der Waals surface area contributed by atoms with Crippen LogP contribution in [0.15, 0.2) is 42.5 Å². The first-order valence-electron chi connectivity index (χ1n) is 8.01. The maximum atomic E-state index is 12.0. The van der Waals surface area contributed by atoms with E-state index in [4.69, 9.17) is 19.9 Å². The smallest absolute Gasteiger partial charge is 0.262 e. The van der Waals surface area contributed by atoms with Crippen molar-refractivity contribution in [3.8, 4) is 17.2 Å². The van der Waals surface area contributed by atoms with Crippen molar-refractivity contribution in [2.24, 2.45) is 5.73 Å². The molecule has 2 aromatic rings. The number of rotatable bonds is 8. The zero-order valence-electron chi connectivity index (χ0n) is 14.7. The van der Waals surface area contributed by atoms with Crippen LogP contribution in [0.4, 0.5) is 5.69 Å². The van der Waals surface area contributed by atoms with Gasteiger partial charge < -0.3 is 25.3 Å². The number of nitrogens with one attached hydrogen (secondary N) is 1. The summed E-state index contributed by atoms with van der Waals surface area (Å²) in [5, 5.41) is 2.76. The molecule has 1 amide bonds. The van der Waals surface area contributed by atoms with Crippen LogP contribution in [-0.2, 0) is 11.2 Å². The number of anilines is 1. The third-order valence-corrected chi connectivity index (χ3v) is 3.52. The Kier molecular flexibility index (Phi) is 6.65. The summed E-state index contributed by atoms with van der Waals surface area (Å²) in [5.41, 5.74) is 7.54. The van der Waals surface area contributed by atoms with Crippen LogP contribution in [-0.4, -0.2) is 32.8 Å². The fourth-order valence-electron chi connectivity index (χ4n) is 2.34. The minimum atomic E-state index is -0.258. The van der Waals surface area contributed by atoms with Gasteiger partial charge in [-0.25, -0.2) is 0 Å². The van der Waals surface area contributed by atoms with Gasteiger partial charge in [-0.1, -0.05) is 6.07 Å². The van der Waals surface area contributed by atoms with Crippen LogP contribution in [0.25, 0.3) is 0 Å². The van der Waals surface area contributed by atoms with Crippen LogP contribution in [0.1, 0.15) is 12.5 Å². The molecule has 0 aliphatic rings. The monoisotopic (exact) mass is 344 g/mol. The Bertz CT molecular complexity index is 699. The van der Waals surface area contributed by atoms with E-state index in [0.717, 1.165) is 17.7 Å². The number of benzene rings is 2. The summed E-state index contributed by atoms with van der Waals surface area (Å²) in [6.45, 7) is 1.83. The third-order valence-electron chi connectivity index (χ3n) is 3.52. The average molecular weight is 344 g/mol. The van der Waals surface area contributed by atoms with Gasteiger partial charge >= 0.3 is 0 Å². The molecule has 0 spiro atoms. The predicted molar refractivity (Wildman–Crippen MR) is 97.5 cm³/mol. The van der Waals surface area contributed by atoms with Crippen molar-refractivity contribution in [1.82, 2.24) is 0 Å². The number of amides is 1. The molecule has 0 aliphatic heterocycles. The number of hydrogen-bond acceptors (Lipinski definition) is 5. The molecule has 0 aromatic heterocycles. The standard InChI is InChI=1S/C19H24N2O4/c1-13(20)10-14-4-9-17(18(11-14)24-3)25-12-19(22)21-15-5-7-16(23-2)8-6-15/h4-9,11,13H,10,12,20H2,1-3H3,(H,21,22). The number of ether oxygens (including phenoxy) is 3. The average Bonchev–Trinajstić information content (AvgIpc) is 2.60. The topological polar surface area (TPSA) is 82.8 Å². The largest absolute Gasteiger partial charge is 0.497 e. The highest BCUT2D eigenvalue weighted by atomic mass is 16.5. The van der Waals surface area contributed by atoms with Crippen molar-refractivity contribution in [2.75, 3.05) is 26.1 Å². The zero-order valence-corrected chi connectivity index (χ0v) is 14.7. The SMILES string of the molecule is COc1ccc(NC(=O)COc2ccc(CC(C)N)cc2OC)cc1. The van der Waals surface area contributed by atoms with E-state index in [-0.39, 0.29) is 18.6 Å². The Labute approximate surface area is 147 Å².